The van der Waals surface area contributed by atoms with Gasteiger partial charge < -0.3 is 24.6 Å². The molecule has 0 atom stereocenters. The topological polar surface area (TPSA) is 118 Å². The van der Waals surface area contributed by atoms with Crippen molar-refractivity contribution in [3.8, 4) is 11.5 Å². The molecule has 106 valence electrons. The average molecular weight is 344 g/mol. The van der Waals surface area contributed by atoms with Gasteiger partial charge >= 0.3 is 6.09 Å². The smallest absolute Gasteiger partial charge is 0.404 e. The second kappa shape index (κ2) is 6.24. The fourth-order valence-electron chi connectivity index (χ4n) is 1.45. The van der Waals surface area contributed by atoms with Gasteiger partial charge in [0.2, 0.25) is 5.76 Å². The van der Waals surface area contributed by atoms with E-state index in [1.807, 2.05) is 0 Å². The summed E-state index contributed by atoms with van der Waals surface area (Å²) in [6.45, 7) is 0.236. The lowest BCUT2D eigenvalue weighted by atomic mass is 10.2. The Kier molecular flexibility index (Phi) is 4.41. The molecule has 3 N–H and O–H groups in total. The Hall–Kier alpha value is -2.29. The van der Waals surface area contributed by atoms with Crippen molar-refractivity contribution in [1.82, 2.24) is 15.6 Å². The molecule has 20 heavy (non-hydrogen) atoms. The number of aromatic nitrogens is 1. The third-order valence-electron chi connectivity index (χ3n) is 2.27. The van der Waals surface area contributed by atoms with Crippen LogP contribution in [0.15, 0.2) is 32.0 Å². The van der Waals surface area contributed by atoms with Crippen LogP contribution in [0, 0.1) is 0 Å². The quantitative estimate of drug-likeness (QED) is 0.711. The van der Waals surface area contributed by atoms with Crippen molar-refractivity contribution in [2.24, 2.45) is 0 Å². The summed E-state index contributed by atoms with van der Waals surface area (Å²) in [5.74, 6) is 0.0936. The highest BCUT2D eigenvalue weighted by molar-refractivity contribution is 9.10. The molecule has 8 nitrogen and oxygen atoms in total. The van der Waals surface area contributed by atoms with Crippen LogP contribution < -0.4 is 10.6 Å². The number of nitrogens with zero attached hydrogens (tertiary/aromatic N) is 1. The first kappa shape index (κ1) is 14.1. The molecule has 0 saturated carbocycles. The number of rotatable bonds is 5. The zero-order valence-electron chi connectivity index (χ0n) is 10.1. The summed E-state index contributed by atoms with van der Waals surface area (Å²) in [5.41, 5.74) is 0.0715. The van der Waals surface area contributed by atoms with Gasteiger partial charge in [0.05, 0.1) is 0 Å². The van der Waals surface area contributed by atoms with Crippen molar-refractivity contribution in [2.75, 3.05) is 13.1 Å². The molecule has 0 spiro atoms. The van der Waals surface area contributed by atoms with Crippen LogP contribution in [0.3, 0.4) is 0 Å². The number of furan rings is 1. The number of carboxylic acid groups (broad SMARTS) is 1. The number of halogens is 1. The monoisotopic (exact) mass is 343 g/mol. The van der Waals surface area contributed by atoms with Gasteiger partial charge in [-0.25, -0.2) is 9.78 Å². The highest BCUT2D eigenvalue weighted by Crippen LogP contribution is 2.27. The van der Waals surface area contributed by atoms with Gasteiger partial charge in [-0.1, -0.05) is 0 Å². The minimum absolute atomic E-state index is 0.0715. The van der Waals surface area contributed by atoms with Crippen LogP contribution in [0.25, 0.3) is 11.5 Å². The van der Waals surface area contributed by atoms with Crippen LogP contribution in [0.4, 0.5) is 4.79 Å². The van der Waals surface area contributed by atoms with E-state index in [1.54, 1.807) is 12.1 Å². The lowest BCUT2D eigenvalue weighted by molar-refractivity contribution is 0.0948. The van der Waals surface area contributed by atoms with Gasteiger partial charge in [0.25, 0.3) is 5.91 Å². The van der Waals surface area contributed by atoms with Gasteiger partial charge in [-0.15, -0.1) is 0 Å². The van der Waals surface area contributed by atoms with Gasteiger partial charge in [-0.3, -0.25) is 4.79 Å². The van der Waals surface area contributed by atoms with E-state index in [-0.39, 0.29) is 24.5 Å². The molecule has 0 radical (unpaired) electrons. The Morgan fingerprint density at radius 1 is 1.30 bits per heavy atom. The average Bonchev–Trinajstić information content (AvgIpc) is 3.02. The summed E-state index contributed by atoms with van der Waals surface area (Å²) >= 11 is 3.15. The van der Waals surface area contributed by atoms with E-state index in [1.165, 1.54) is 0 Å². The maximum absolute atomic E-state index is 11.9. The van der Waals surface area contributed by atoms with Gasteiger partial charge in [-0.05, 0) is 28.1 Å². The van der Waals surface area contributed by atoms with E-state index >= 15 is 0 Å². The van der Waals surface area contributed by atoms with Crippen molar-refractivity contribution in [3.63, 3.8) is 0 Å². The number of hydrogen-bond donors (Lipinski definition) is 3. The van der Waals surface area contributed by atoms with Crippen molar-refractivity contribution in [1.29, 1.82) is 0 Å². The minimum Gasteiger partial charge on any atom is -0.465 e. The fourth-order valence-corrected chi connectivity index (χ4v) is 1.75. The van der Waals surface area contributed by atoms with Crippen LogP contribution in [-0.4, -0.2) is 35.2 Å². The number of oxazole rings is 1. The molecule has 2 aromatic heterocycles. The fraction of sp³-hybridized carbons (Fsp3) is 0.182. The first-order valence-electron chi connectivity index (χ1n) is 5.52. The molecule has 2 rings (SSSR count). The molecule has 0 saturated heterocycles. The number of hydrogen-bond acceptors (Lipinski definition) is 5. The molecule has 0 fully saturated rings. The Labute approximate surface area is 121 Å². The van der Waals surface area contributed by atoms with Crippen LogP contribution in [0.1, 0.15) is 10.5 Å². The summed E-state index contributed by atoms with van der Waals surface area (Å²) in [5, 5.41) is 13.0. The van der Waals surface area contributed by atoms with E-state index in [4.69, 9.17) is 13.9 Å². The lowest BCUT2D eigenvalue weighted by Crippen LogP contribution is -2.34. The van der Waals surface area contributed by atoms with E-state index in [0.717, 1.165) is 6.39 Å². The predicted octanol–water partition coefficient (Wildman–Crippen LogP) is 1.69. The molecule has 0 aliphatic rings. The molecule has 0 aliphatic carbocycles. The molecule has 0 unspecified atom stereocenters. The van der Waals surface area contributed by atoms with Crippen LogP contribution >= 0.6 is 15.9 Å². The van der Waals surface area contributed by atoms with Crippen LogP contribution in [0.5, 0.6) is 0 Å². The third kappa shape index (κ3) is 3.38. The Morgan fingerprint density at radius 2 is 2.05 bits per heavy atom. The van der Waals surface area contributed by atoms with Crippen molar-refractivity contribution < 1.29 is 23.5 Å². The third-order valence-corrected chi connectivity index (χ3v) is 2.69. The summed E-state index contributed by atoms with van der Waals surface area (Å²) in [6.07, 6.45) is -0.0160. The molecular formula is C11H10BrN3O5. The lowest BCUT2D eigenvalue weighted by Gasteiger charge is -2.03. The second-order valence-corrected chi connectivity index (χ2v) is 4.40. The zero-order valence-corrected chi connectivity index (χ0v) is 11.6. The van der Waals surface area contributed by atoms with Crippen molar-refractivity contribution >= 4 is 27.9 Å². The van der Waals surface area contributed by atoms with Crippen molar-refractivity contribution in [3.05, 3.63) is 28.9 Å². The second-order valence-electron chi connectivity index (χ2n) is 3.62. The van der Waals surface area contributed by atoms with Gasteiger partial charge in [0.15, 0.2) is 22.5 Å². The normalized spacial score (nSPS) is 10.2. The molecule has 2 heterocycles. The maximum Gasteiger partial charge on any atom is 0.404 e. The summed E-state index contributed by atoms with van der Waals surface area (Å²) in [4.78, 5) is 26.0. The molecule has 2 amide bonds. The van der Waals surface area contributed by atoms with E-state index < -0.39 is 12.0 Å². The molecule has 0 aromatic carbocycles. The first-order chi connectivity index (χ1) is 9.58. The van der Waals surface area contributed by atoms with Crippen molar-refractivity contribution in [2.45, 2.75) is 0 Å². The van der Waals surface area contributed by atoms with Crippen LogP contribution in [0.2, 0.25) is 0 Å². The Balaban J connectivity index is 2.01. The summed E-state index contributed by atoms with van der Waals surface area (Å²) < 4.78 is 10.9. The van der Waals surface area contributed by atoms with Gasteiger partial charge in [-0.2, -0.15) is 0 Å². The minimum atomic E-state index is -1.15. The molecular weight excluding hydrogens is 334 g/mol. The maximum atomic E-state index is 11.9. The van der Waals surface area contributed by atoms with Gasteiger partial charge in [0, 0.05) is 13.1 Å². The van der Waals surface area contributed by atoms with E-state index in [0.29, 0.717) is 10.4 Å². The zero-order chi connectivity index (χ0) is 14.5. The SMILES string of the molecule is O=C(O)NCCNC(=O)c1ncoc1-c1ccc(Br)o1. The molecule has 0 bridgehead atoms. The predicted molar refractivity (Wildman–Crippen MR) is 70.3 cm³/mol. The summed E-state index contributed by atoms with van der Waals surface area (Å²) in [6, 6.07) is 3.30. The molecule has 2 aromatic rings. The molecule has 9 heteroatoms. The molecule has 0 aliphatic heterocycles. The van der Waals surface area contributed by atoms with E-state index in [9.17, 15) is 9.59 Å². The number of nitrogens with one attached hydrogen (secondary N) is 2. The van der Waals surface area contributed by atoms with E-state index in [2.05, 4.69) is 31.5 Å². The number of amides is 2. The standard InChI is InChI=1S/C11H10BrN3O5/c12-7-2-1-6(20-7)9-8(15-5-19-9)10(16)13-3-4-14-11(17)18/h1-2,5,14H,3-4H2,(H,13,16)(H,17,18). The largest absolute Gasteiger partial charge is 0.465 e. The Morgan fingerprint density at radius 3 is 2.70 bits per heavy atom. The highest BCUT2D eigenvalue weighted by atomic mass is 79.9. The summed E-state index contributed by atoms with van der Waals surface area (Å²) in [7, 11) is 0. The first-order valence-corrected chi connectivity index (χ1v) is 6.31. The highest BCUT2D eigenvalue weighted by Gasteiger charge is 2.20. The number of carbonyl (C=O) groups is 2. The van der Waals surface area contributed by atoms with Crippen LogP contribution in [-0.2, 0) is 0 Å². The number of carbonyl (C=O) groups excluding carboxylic acids is 1. The Bertz CT molecular complexity index is 621. The van der Waals surface area contributed by atoms with Gasteiger partial charge in [0.1, 0.15) is 0 Å².